The highest BCUT2D eigenvalue weighted by Gasteiger charge is 2.25. The fraction of sp³-hybridized carbons (Fsp3) is 0.375. The number of benzene rings is 2. The number of nitrogens with zero attached hydrogens (tertiary/aromatic N) is 2. The van der Waals surface area contributed by atoms with Gasteiger partial charge in [0.15, 0.2) is 0 Å². The van der Waals surface area contributed by atoms with Crippen LogP contribution in [0.3, 0.4) is 0 Å². The largest absolute Gasteiger partial charge is 0.354 e. The van der Waals surface area contributed by atoms with E-state index in [4.69, 9.17) is 11.6 Å². The molecule has 2 aromatic carbocycles. The molecule has 1 atom stereocenters. The molecule has 4 rings (SSSR count). The third-order valence-electron chi connectivity index (χ3n) is 6.00. The highest BCUT2D eigenvalue weighted by atomic mass is 32.2. The summed E-state index contributed by atoms with van der Waals surface area (Å²) >= 11 is 0. The van der Waals surface area contributed by atoms with Crippen molar-refractivity contribution in [1.29, 1.82) is 0 Å². The third-order valence-corrected chi connectivity index (χ3v) is 7.38. The second-order valence-electron chi connectivity index (χ2n) is 8.34. The number of hydrogen-bond acceptors (Lipinski definition) is 3. The van der Waals surface area contributed by atoms with E-state index in [2.05, 4.69) is 21.7 Å². The van der Waals surface area contributed by atoms with Crippen LogP contribution < -0.4 is 10.5 Å². The van der Waals surface area contributed by atoms with E-state index in [0.717, 1.165) is 49.8 Å². The number of hydrogen-bond donors (Lipinski definition) is 2. The van der Waals surface area contributed by atoms with Crippen LogP contribution in [-0.4, -0.2) is 28.7 Å². The van der Waals surface area contributed by atoms with Gasteiger partial charge < -0.3 is 5.32 Å². The third kappa shape index (κ3) is 4.67. The summed E-state index contributed by atoms with van der Waals surface area (Å²) in [6.45, 7) is 1.20. The van der Waals surface area contributed by atoms with Gasteiger partial charge in [0.1, 0.15) is 9.92 Å². The Bertz CT molecular complexity index is 1140. The number of carbonyl (C=O) groups is 1. The van der Waals surface area contributed by atoms with Crippen LogP contribution in [-0.2, 0) is 42.1 Å². The SMILES string of the molecule is C#CCN(C)Cc1ccc(S(N)(=O)=NC(=O)Nc2c3c(cc4c2CCC4)CCC3)cc1. The van der Waals surface area contributed by atoms with Gasteiger partial charge in [-0.3, -0.25) is 4.90 Å². The number of carbonyl (C=O) groups excluding carboxylic acids is 1. The molecule has 3 N–H and O–H groups in total. The molecule has 31 heavy (non-hydrogen) atoms. The Balaban J connectivity index is 1.55. The summed E-state index contributed by atoms with van der Waals surface area (Å²) in [4.78, 5) is 15.0. The molecular weight excluding hydrogens is 408 g/mol. The predicted octanol–water partition coefficient (Wildman–Crippen LogP) is 3.66. The molecule has 0 bridgehead atoms. The van der Waals surface area contributed by atoms with Gasteiger partial charge in [-0.25, -0.2) is 14.1 Å². The topological polar surface area (TPSA) is 87.8 Å². The van der Waals surface area contributed by atoms with Crippen LogP contribution in [0.15, 0.2) is 39.6 Å². The van der Waals surface area contributed by atoms with Crippen LogP contribution in [0.5, 0.6) is 0 Å². The quantitative estimate of drug-likeness (QED) is 0.701. The number of terminal acetylenes is 1. The van der Waals surface area contributed by atoms with Crippen molar-refractivity contribution < 1.29 is 9.00 Å². The van der Waals surface area contributed by atoms with Crippen molar-refractivity contribution in [2.45, 2.75) is 50.0 Å². The van der Waals surface area contributed by atoms with Crippen LogP contribution in [0.2, 0.25) is 0 Å². The first-order valence-electron chi connectivity index (χ1n) is 10.6. The van der Waals surface area contributed by atoms with Crippen LogP contribution in [0.1, 0.15) is 40.7 Å². The lowest BCUT2D eigenvalue weighted by molar-refractivity contribution is 0.260. The van der Waals surface area contributed by atoms with Crippen LogP contribution in [0, 0.1) is 12.3 Å². The second kappa shape index (κ2) is 8.83. The molecule has 6 nitrogen and oxygen atoms in total. The van der Waals surface area contributed by atoms with E-state index >= 15 is 0 Å². The zero-order chi connectivity index (χ0) is 22.0. The van der Waals surface area contributed by atoms with E-state index in [1.54, 1.807) is 12.1 Å². The van der Waals surface area contributed by atoms with E-state index in [1.165, 1.54) is 22.3 Å². The van der Waals surface area contributed by atoms with Crippen LogP contribution in [0.4, 0.5) is 10.5 Å². The molecule has 2 aliphatic rings. The molecule has 0 saturated heterocycles. The molecule has 162 valence electrons. The summed E-state index contributed by atoms with van der Waals surface area (Å²) in [5.74, 6) is 2.60. The number of rotatable bonds is 5. The Morgan fingerprint density at radius 3 is 2.35 bits per heavy atom. The molecule has 0 radical (unpaired) electrons. The molecule has 0 fully saturated rings. The van der Waals surface area contributed by atoms with E-state index < -0.39 is 15.9 Å². The van der Waals surface area contributed by atoms with Crippen molar-refractivity contribution in [3.63, 3.8) is 0 Å². The molecule has 0 aliphatic heterocycles. The molecule has 0 heterocycles. The van der Waals surface area contributed by atoms with Gasteiger partial charge in [0.05, 0.1) is 11.4 Å². The van der Waals surface area contributed by atoms with E-state index in [1.807, 2.05) is 24.1 Å². The van der Waals surface area contributed by atoms with E-state index in [0.29, 0.717) is 18.0 Å². The zero-order valence-corrected chi connectivity index (χ0v) is 18.6. The van der Waals surface area contributed by atoms with E-state index in [-0.39, 0.29) is 0 Å². The number of urea groups is 1. The number of anilines is 1. The van der Waals surface area contributed by atoms with Crippen LogP contribution in [0.25, 0.3) is 0 Å². The highest BCUT2D eigenvalue weighted by Crippen LogP contribution is 2.38. The molecule has 7 heteroatoms. The fourth-order valence-electron chi connectivity index (χ4n) is 4.59. The maximum atomic E-state index is 13.0. The summed E-state index contributed by atoms with van der Waals surface area (Å²) in [7, 11) is -1.42. The summed E-state index contributed by atoms with van der Waals surface area (Å²) < 4.78 is 16.9. The minimum atomic E-state index is -3.35. The zero-order valence-electron chi connectivity index (χ0n) is 17.8. The molecule has 0 spiro atoms. The Morgan fingerprint density at radius 2 is 1.77 bits per heavy atom. The van der Waals surface area contributed by atoms with Crippen molar-refractivity contribution in [3.8, 4) is 12.3 Å². The predicted molar refractivity (Wildman–Crippen MR) is 124 cm³/mol. The van der Waals surface area contributed by atoms with Gasteiger partial charge in [-0.05, 0) is 85.5 Å². The van der Waals surface area contributed by atoms with Gasteiger partial charge >= 0.3 is 6.03 Å². The molecular formula is C24H28N4O2S. The summed E-state index contributed by atoms with van der Waals surface area (Å²) in [5, 5.41) is 8.91. The molecule has 2 aromatic rings. The Kier molecular flexibility index (Phi) is 6.15. The van der Waals surface area contributed by atoms with Crippen molar-refractivity contribution in [3.05, 3.63) is 58.1 Å². The first-order chi connectivity index (χ1) is 14.9. The minimum Gasteiger partial charge on any atom is -0.305 e. The molecule has 0 aromatic heterocycles. The number of amides is 2. The minimum absolute atomic E-state index is 0.328. The van der Waals surface area contributed by atoms with Gasteiger partial charge in [-0.1, -0.05) is 24.1 Å². The highest BCUT2D eigenvalue weighted by molar-refractivity contribution is 7.91. The van der Waals surface area contributed by atoms with Gasteiger partial charge in [-0.15, -0.1) is 10.8 Å². The maximum absolute atomic E-state index is 13.0. The number of aryl methyl sites for hydroxylation is 2. The van der Waals surface area contributed by atoms with Gasteiger partial charge in [0.25, 0.3) is 0 Å². The fourth-order valence-corrected chi connectivity index (χ4v) is 5.51. The van der Waals surface area contributed by atoms with Crippen molar-refractivity contribution in [1.82, 2.24) is 4.90 Å². The first-order valence-corrected chi connectivity index (χ1v) is 12.2. The lowest BCUT2D eigenvalue weighted by Gasteiger charge is -2.15. The molecule has 1 unspecified atom stereocenters. The van der Waals surface area contributed by atoms with Gasteiger partial charge in [-0.2, -0.15) is 0 Å². The average molecular weight is 437 g/mol. The lowest BCUT2D eigenvalue weighted by atomic mass is 9.99. The molecule has 0 saturated carbocycles. The standard InChI is InChI=1S/C24H28N4O2S/c1-3-14-28(2)16-17-10-12-20(13-11-17)31(25,30)27-24(29)26-23-21-8-4-6-18(21)15-19-7-5-9-22(19)23/h1,10-13,15H,4-9,14,16H2,2H3,(H3,25,26,27,29,30). The Labute approximate surface area is 184 Å². The van der Waals surface area contributed by atoms with Crippen LogP contribution >= 0.6 is 0 Å². The summed E-state index contributed by atoms with van der Waals surface area (Å²) in [5.41, 5.74) is 6.92. The monoisotopic (exact) mass is 436 g/mol. The van der Waals surface area contributed by atoms with Crippen molar-refractivity contribution in [2.24, 2.45) is 9.50 Å². The average Bonchev–Trinajstić information content (AvgIpc) is 3.37. The number of nitrogens with two attached hydrogens (primary N) is 1. The maximum Gasteiger partial charge on any atom is 0.354 e. The second-order valence-corrected chi connectivity index (χ2v) is 10.1. The first kappa shape index (κ1) is 21.6. The Morgan fingerprint density at radius 1 is 1.16 bits per heavy atom. The molecule has 2 aliphatic carbocycles. The smallest absolute Gasteiger partial charge is 0.305 e. The lowest BCUT2D eigenvalue weighted by Crippen LogP contribution is -2.19. The van der Waals surface area contributed by atoms with Crippen molar-refractivity contribution >= 4 is 21.6 Å². The number of nitrogens with one attached hydrogen (secondary N) is 1. The van der Waals surface area contributed by atoms with Gasteiger partial charge in [0.2, 0.25) is 0 Å². The van der Waals surface area contributed by atoms with Gasteiger partial charge in [0, 0.05) is 12.2 Å². The number of fused-ring (bicyclic) bond motifs is 2. The normalized spacial score (nSPS) is 16.3. The summed E-state index contributed by atoms with van der Waals surface area (Å²) in [6.07, 6.45) is 11.5. The van der Waals surface area contributed by atoms with Crippen molar-refractivity contribution in [2.75, 3.05) is 18.9 Å². The Hall–Kier alpha value is -2.66. The van der Waals surface area contributed by atoms with E-state index in [9.17, 15) is 9.00 Å². The molecule has 2 amide bonds. The summed E-state index contributed by atoms with van der Waals surface area (Å²) in [6, 6.07) is 8.64.